The van der Waals surface area contributed by atoms with Gasteiger partial charge in [-0.1, -0.05) is 40.7 Å². The Labute approximate surface area is 395 Å². The number of cyclic esters (lactones) is 1. The van der Waals surface area contributed by atoms with Gasteiger partial charge in [0.15, 0.2) is 11.5 Å². The molecule has 18 atom stereocenters. The maximum Gasteiger partial charge on any atom is 0.351 e. The Hall–Kier alpha value is -2.90. The highest BCUT2D eigenvalue weighted by Gasteiger charge is 2.78. The van der Waals surface area contributed by atoms with Crippen LogP contribution in [0, 0.1) is 46.3 Å². The molecule has 4 aliphatic carbocycles. The molecule has 0 spiro atoms. The topological polar surface area (TPSA) is 233 Å². The summed E-state index contributed by atoms with van der Waals surface area (Å²) in [6.45, 7) is 18.9. The van der Waals surface area contributed by atoms with Crippen LogP contribution in [0.2, 0.25) is 0 Å². The largest absolute Gasteiger partial charge is 0.463 e. The van der Waals surface area contributed by atoms with Gasteiger partial charge in [-0.3, -0.25) is 19.3 Å². The second kappa shape index (κ2) is 20.4. The third-order valence-corrected chi connectivity index (χ3v) is 17.1. The highest BCUT2D eigenvalue weighted by atomic mass is 19.1. The van der Waals surface area contributed by atoms with Crippen molar-refractivity contribution in [2.75, 3.05) is 32.8 Å². The van der Waals surface area contributed by atoms with E-state index < -0.39 is 123 Å². The van der Waals surface area contributed by atoms with E-state index in [1.54, 1.807) is 41.5 Å². The van der Waals surface area contributed by atoms with Gasteiger partial charge in [-0.2, -0.15) is 0 Å². The second-order valence-corrected chi connectivity index (χ2v) is 21.8. The molecule has 5 aliphatic rings. The Morgan fingerprint density at radius 2 is 1.61 bits per heavy atom. The molecule has 0 aromatic heterocycles. The van der Waals surface area contributed by atoms with Gasteiger partial charge in [0, 0.05) is 60.6 Å². The number of rotatable bonds is 11. The molecule has 17 heteroatoms. The number of fused-ring (bicyclic) bond motifs is 5. The average molecular weight is 955 g/mol. The lowest BCUT2D eigenvalue weighted by Crippen LogP contribution is -2.70. The SMILES string of the molecule is CCOC(=O)[C@@]1(OC(=O)CCNCCCN2C[C@H](C)C[C@@](C)(O)[C@H](O)[C@@H](C)[C@H](O)[C@@H](C)C(=O)O[C@H](CC)[C@@](C)(O)[C@H](O)[C@H]2C)[C@H](C)CC2C3CC(F)=C4CC(=O)C=C[C@]4(C)[C@@]3(F)[C@@H](O)C[C@@]21C. The summed E-state index contributed by atoms with van der Waals surface area (Å²) in [5.41, 5.74) is -10.8. The smallest absolute Gasteiger partial charge is 0.351 e. The average Bonchev–Trinajstić information content (AvgIpc) is 3.47. The summed E-state index contributed by atoms with van der Waals surface area (Å²) in [6, 6.07) is -0.699. The van der Waals surface area contributed by atoms with Crippen LogP contribution >= 0.6 is 0 Å². The van der Waals surface area contributed by atoms with Crippen LogP contribution in [0.15, 0.2) is 23.6 Å². The van der Waals surface area contributed by atoms with E-state index in [9.17, 15) is 49.8 Å². The van der Waals surface area contributed by atoms with E-state index in [0.717, 1.165) is 0 Å². The van der Waals surface area contributed by atoms with Crippen LogP contribution in [0.25, 0.3) is 0 Å². The number of ether oxygens (including phenoxy) is 3. The van der Waals surface area contributed by atoms with Crippen molar-refractivity contribution in [3.63, 3.8) is 0 Å². The maximum absolute atomic E-state index is 17.9. The Kier molecular flexibility index (Phi) is 16.8. The minimum absolute atomic E-state index is 0.0259. The third-order valence-electron chi connectivity index (χ3n) is 17.1. The molecule has 2 unspecified atom stereocenters. The van der Waals surface area contributed by atoms with E-state index in [1.165, 1.54) is 39.8 Å². The van der Waals surface area contributed by atoms with Crippen molar-refractivity contribution in [2.24, 2.45) is 46.3 Å². The van der Waals surface area contributed by atoms with E-state index in [1.807, 2.05) is 11.8 Å². The van der Waals surface area contributed by atoms with Crippen LogP contribution < -0.4 is 5.32 Å². The number of carbonyl (C=O) groups excluding carboxylic acids is 4. The van der Waals surface area contributed by atoms with Gasteiger partial charge in [0.2, 0.25) is 5.60 Å². The molecule has 0 amide bonds. The second-order valence-electron chi connectivity index (χ2n) is 21.8. The number of hydrogen-bond donors (Lipinski definition) is 7. The summed E-state index contributed by atoms with van der Waals surface area (Å²) in [5.74, 6) is -8.12. The van der Waals surface area contributed by atoms with Crippen molar-refractivity contribution in [1.29, 1.82) is 0 Å². The molecule has 382 valence electrons. The predicted molar refractivity (Wildman–Crippen MR) is 243 cm³/mol. The van der Waals surface area contributed by atoms with Crippen molar-refractivity contribution >= 4 is 23.7 Å². The molecule has 1 heterocycles. The zero-order valence-electron chi connectivity index (χ0n) is 41.5. The molecule has 0 radical (unpaired) electrons. The van der Waals surface area contributed by atoms with Crippen LogP contribution in [0.4, 0.5) is 8.78 Å². The standard InChI is InChI=1S/C50H80F2N2O13/c1-12-38-48(11,64)42(60)31(7)54(26-27(3)24-47(10,63)41(59)29(5)40(58)30(6)43(61)66-38)20-14-18-53-19-16-39(57)67-50(44(62)65-13-2)28(4)21-33-34-23-36(51)35-22-32(55)15-17-45(35,8)49(34,52)37(56)25-46(33,50)9/h15,17,27-31,33-34,37-38,40-42,53,56,58-60,63-64H,12-14,16,18-26H2,1-11H3/t27-,28-,29+,30-,31-,33?,34?,37+,38-,40+,41-,42-,45+,46+,47-,48-,49+,50+/m1/s1. The van der Waals surface area contributed by atoms with Crippen LogP contribution in [-0.4, -0.2) is 151 Å². The van der Waals surface area contributed by atoms with E-state index in [0.29, 0.717) is 26.1 Å². The van der Waals surface area contributed by atoms with E-state index in [4.69, 9.17) is 14.2 Å². The molecule has 7 N–H and O–H groups in total. The number of esters is 3. The lowest BCUT2D eigenvalue weighted by molar-refractivity contribution is -0.235. The number of alkyl halides is 1. The number of aliphatic hydroxyl groups is 6. The van der Waals surface area contributed by atoms with Crippen molar-refractivity contribution in [2.45, 2.75) is 187 Å². The molecule has 2 saturated carbocycles. The zero-order valence-corrected chi connectivity index (χ0v) is 41.5. The van der Waals surface area contributed by atoms with E-state index >= 15 is 8.78 Å². The Morgan fingerprint density at radius 3 is 2.24 bits per heavy atom. The van der Waals surface area contributed by atoms with Crippen molar-refractivity contribution in [3.05, 3.63) is 23.6 Å². The molecule has 5 rings (SSSR count). The number of halogens is 2. The van der Waals surface area contributed by atoms with Gasteiger partial charge < -0.3 is 50.2 Å². The van der Waals surface area contributed by atoms with Crippen LogP contribution in [-0.2, 0) is 33.4 Å². The van der Waals surface area contributed by atoms with E-state index in [-0.39, 0.29) is 75.4 Å². The van der Waals surface area contributed by atoms with Gasteiger partial charge in [-0.15, -0.1) is 0 Å². The van der Waals surface area contributed by atoms with Crippen LogP contribution in [0.1, 0.15) is 128 Å². The molecule has 0 bridgehead atoms. The van der Waals surface area contributed by atoms with Crippen LogP contribution in [0.3, 0.4) is 0 Å². The highest BCUT2D eigenvalue weighted by Crippen LogP contribution is 2.72. The van der Waals surface area contributed by atoms with Gasteiger partial charge in [0.25, 0.3) is 0 Å². The number of carbonyl (C=O) groups is 4. The normalized spacial score (nSPS) is 45.5. The number of allylic oxidation sites excluding steroid dienone is 4. The minimum Gasteiger partial charge on any atom is -0.463 e. The number of nitrogens with zero attached hydrogens (tertiary/aromatic N) is 1. The quantitative estimate of drug-likeness (QED) is 0.0881. The van der Waals surface area contributed by atoms with Crippen molar-refractivity contribution < 1.29 is 72.8 Å². The summed E-state index contributed by atoms with van der Waals surface area (Å²) in [7, 11) is 0. The third kappa shape index (κ3) is 9.67. The Morgan fingerprint density at radius 1 is 0.955 bits per heavy atom. The monoisotopic (exact) mass is 955 g/mol. The zero-order chi connectivity index (χ0) is 50.4. The first-order chi connectivity index (χ1) is 31.0. The van der Waals surface area contributed by atoms with Gasteiger partial charge >= 0.3 is 17.9 Å². The molecule has 15 nitrogen and oxygen atoms in total. The lowest BCUT2D eigenvalue weighted by atomic mass is 9.45. The summed E-state index contributed by atoms with van der Waals surface area (Å²) < 4.78 is 51.4. The number of ketones is 1. The number of hydrogen-bond acceptors (Lipinski definition) is 15. The molecule has 0 aromatic rings. The molecule has 67 heavy (non-hydrogen) atoms. The van der Waals surface area contributed by atoms with Crippen molar-refractivity contribution in [1.82, 2.24) is 10.2 Å². The predicted octanol–water partition coefficient (Wildman–Crippen LogP) is 4.02. The van der Waals surface area contributed by atoms with Gasteiger partial charge in [0.05, 0.1) is 42.9 Å². The molecule has 0 aromatic carbocycles. The summed E-state index contributed by atoms with van der Waals surface area (Å²) >= 11 is 0. The van der Waals surface area contributed by atoms with Crippen molar-refractivity contribution in [3.8, 4) is 0 Å². The fraction of sp³-hybridized carbons (Fsp3) is 0.840. The Bertz CT molecular complexity index is 1900. The first-order valence-corrected chi connectivity index (χ1v) is 24.5. The lowest BCUT2D eigenvalue weighted by Gasteiger charge is -2.62. The van der Waals surface area contributed by atoms with Gasteiger partial charge in [-0.05, 0) is 110 Å². The Balaban J connectivity index is 1.29. The first-order valence-electron chi connectivity index (χ1n) is 24.5. The summed E-state index contributed by atoms with van der Waals surface area (Å²) in [4.78, 5) is 55.6. The molecule has 1 aliphatic heterocycles. The fourth-order valence-electron chi connectivity index (χ4n) is 13.2. The maximum atomic E-state index is 17.9. The van der Waals surface area contributed by atoms with Gasteiger partial charge in [-0.25, -0.2) is 13.6 Å². The van der Waals surface area contributed by atoms with Crippen LogP contribution in [0.5, 0.6) is 0 Å². The summed E-state index contributed by atoms with van der Waals surface area (Å²) in [5, 5.41) is 72.3. The molecular formula is C50H80F2N2O13. The molecule has 3 fully saturated rings. The summed E-state index contributed by atoms with van der Waals surface area (Å²) in [6.07, 6.45) is -4.64. The fourth-order valence-corrected chi connectivity index (χ4v) is 13.2. The highest BCUT2D eigenvalue weighted by molar-refractivity contribution is 5.94. The minimum atomic E-state index is -2.37. The number of nitrogens with one attached hydrogen (secondary N) is 1. The first kappa shape index (κ1) is 55.0. The number of aliphatic hydroxyl groups excluding tert-OH is 4. The molecule has 1 saturated heterocycles. The van der Waals surface area contributed by atoms with Gasteiger partial charge in [0.1, 0.15) is 23.6 Å². The van der Waals surface area contributed by atoms with E-state index in [2.05, 4.69) is 5.32 Å². The molecular weight excluding hydrogens is 875 g/mol.